The molecule has 1 saturated heterocycles. The molecule has 3 amide bonds. The van der Waals surface area contributed by atoms with E-state index in [1.165, 1.54) is 24.0 Å². The number of amides is 3. The van der Waals surface area contributed by atoms with E-state index in [1.54, 1.807) is 12.1 Å². The zero-order chi connectivity index (χ0) is 43.4. The minimum atomic E-state index is -1.41. The van der Waals surface area contributed by atoms with Gasteiger partial charge in [-0.1, -0.05) is 19.8 Å². The summed E-state index contributed by atoms with van der Waals surface area (Å²) in [5.41, 5.74) is 4.89. The third-order valence-corrected chi connectivity index (χ3v) is 8.98. The first-order valence-electron chi connectivity index (χ1n) is 18.2. The number of anilines is 5. The number of aromatic nitrogens is 4. The molecule has 6 atom stereocenters. The average Bonchev–Trinajstić information content (AvgIpc) is 3.45. The molecule has 2 aliphatic heterocycles. The van der Waals surface area contributed by atoms with Crippen molar-refractivity contribution in [2.45, 2.75) is 82.6 Å². The highest BCUT2D eigenvalue weighted by Crippen LogP contribution is 2.29. The van der Waals surface area contributed by atoms with Gasteiger partial charge in [0.2, 0.25) is 12.4 Å². The average molecular weight is 833 g/mol. The van der Waals surface area contributed by atoms with Crippen LogP contribution in [0.5, 0.6) is 0 Å². The minimum Gasteiger partial charge on any atom is -0.481 e. The van der Waals surface area contributed by atoms with Crippen molar-refractivity contribution in [3.8, 4) is 0 Å². The number of nitrogen functional groups attached to an aromatic ring is 1. The Balaban J connectivity index is 0.000000273. The van der Waals surface area contributed by atoms with E-state index in [2.05, 4.69) is 36.2 Å². The number of aliphatic hydroxyl groups excluding tert-OH is 2. The third kappa shape index (κ3) is 11.9. The fourth-order valence-electron chi connectivity index (χ4n) is 5.82. The second kappa shape index (κ2) is 20.7. The number of carbonyl (C=O) groups is 5. The van der Waals surface area contributed by atoms with Crippen molar-refractivity contribution in [2.24, 2.45) is 0 Å². The van der Waals surface area contributed by atoms with E-state index in [-0.39, 0.29) is 42.6 Å². The van der Waals surface area contributed by atoms with Gasteiger partial charge in [0.25, 0.3) is 11.5 Å². The lowest BCUT2D eigenvalue weighted by Gasteiger charge is -2.34. The Labute approximate surface area is 333 Å². The van der Waals surface area contributed by atoms with Crippen LogP contribution in [0.2, 0.25) is 0 Å². The predicted molar refractivity (Wildman–Crippen MR) is 205 cm³/mol. The van der Waals surface area contributed by atoms with Crippen LogP contribution in [0.25, 0.3) is 0 Å². The molecule has 2 aliphatic rings. The second-order valence-corrected chi connectivity index (χ2v) is 13.3. The smallest absolute Gasteiger partial charge is 0.412 e. The number of H-pyrrole nitrogens is 1. The number of fused-ring (bicyclic) bond motifs is 1. The van der Waals surface area contributed by atoms with Gasteiger partial charge < -0.3 is 56.5 Å². The van der Waals surface area contributed by atoms with Crippen LogP contribution in [0.3, 0.4) is 0 Å². The van der Waals surface area contributed by atoms with Crippen LogP contribution in [-0.2, 0) is 23.9 Å². The van der Waals surface area contributed by atoms with Crippen molar-refractivity contribution in [1.82, 2.24) is 24.8 Å². The van der Waals surface area contributed by atoms with Gasteiger partial charge in [0.15, 0.2) is 29.4 Å². The number of aliphatic carboxylic acids is 2. The van der Waals surface area contributed by atoms with Crippen molar-refractivity contribution < 1.29 is 58.3 Å². The van der Waals surface area contributed by atoms with Crippen LogP contribution in [0.1, 0.15) is 62.5 Å². The highest BCUT2D eigenvalue weighted by atomic mass is 19.1. The molecule has 5 rings (SSSR count). The Bertz CT molecular complexity index is 2100. The molecular formula is C35H45FN10O13. The van der Waals surface area contributed by atoms with Gasteiger partial charge in [-0.2, -0.15) is 9.97 Å². The number of nitrogens with two attached hydrogens (primary N) is 1. The van der Waals surface area contributed by atoms with E-state index in [1.807, 2.05) is 6.92 Å². The molecule has 3 aromatic rings. The summed E-state index contributed by atoms with van der Waals surface area (Å²) in [7, 11) is 0. The predicted octanol–water partition coefficient (Wildman–Crippen LogP) is 0.0291. The van der Waals surface area contributed by atoms with Crippen LogP contribution < -0.4 is 43.1 Å². The Morgan fingerprint density at radius 1 is 1.12 bits per heavy atom. The second-order valence-electron chi connectivity index (χ2n) is 13.3. The van der Waals surface area contributed by atoms with E-state index in [0.29, 0.717) is 25.1 Å². The number of nitrogens with one attached hydrogen (secondary N) is 5. The lowest BCUT2D eigenvalue weighted by molar-refractivity contribution is -0.140. The van der Waals surface area contributed by atoms with Crippen LogP contribution in [0.4, 0.5) is 38.1 Å². The fraction of sp³-hybridized carbons (Fsp3) is 0.457. The van der Waals surface area contributed by atoms with E-state index < -0.39 is 89.9 Å². The van der Waals surface area contributed by atoms with E-state index in [9.17, 15) is 53.3 Å². The lowest BCUT2D eigenvalue weighted by Crippen LogP contribution is -2.50. The number of carbonyl (C=O) groups excluding carboxylic acids is 3. The van der Waals surface area contributed by atoms with E-state index in [0.717, 1.165) is 23.6 Å². The maximum atomic E-state index is 14.1. The number of carboxylic acids is 2. The first-order valence-corrected chi connectivity index (χ1v) is 18.2. The van der Waals surface area contributed by atoms with Crippen LogP contribution in [0.15, 0.2) is 40.1 Å². The van der Waals surface area contributed by atoms with Crippen molar-refractivity contribution in [3.05, 3.63) is 62.7 Å². The molecule has 59 heavy (non-hydrogen) atoms. The first kappa shape index (κ1) is 45.0. The number of carboxylic acid groups (broad SMARTS) is 2. The van der Waals surface area contributed by atoms with Gasteiger partial charge in [-0.15, -0.1) is 0 Å². The number of aliphatic hydroxyl groups is 2. The fourth-order valence-corrected chi connectivity index (χ4v) is 5.82. The molecule has 23 nitrogen and oxygen atoms in total. The SMILES string of the molecule is CCCCCOC(=O)Nc1nc(=O)n([C@@H]2O[C@H](C)[C@@H](O)[C@H]2O)cc1F.Nc1nc2c(c(=O)[nH]1)N(C=O)C(CNc1ccc(C(=O)N[C@@H](CCC(=O)O)C(=O)O)cc1)CN2. The number of halogens is 1. The van der Waals surface area contributed by atoms with Gasteiger partial charge in [-0.05, 0) is 44.0 Å². The number of unbranched alkanes of at least 4 members (excludes halogenated alkanes) is 2. The van der Waals surface area contributed by atoms with Crippen molar-refractivity contribution in [3.63, 3.8) is 0 Å². The molecular weight excluding hydrogens is 787 g/mol. The van der Waals surface area contributed by atoms with Gasteiger partial charge in [-0.3, -0.25) is 34.0 Å². The highest BCUT2D eigenvalue weighted by molar-refractivity contribution is 5.97. The quantitative estimate of drug-likeness (QED) is 0.0672. The number of aromatic amines is 1. The van der Waals surface area contributed by atoms with Gasteiger partial charge in [0.05, 0.1) is 24.9 Å². The lowest BCUT2D eigenvalue weighted by atomic mass is 10.1. The summed E-state index contributed by atoms with van der Waals surface area (Å²) < 4.78 is 24.9. The van der Waals surface area contributed by atoms with Crippen LogP contribution in [-0.4, -0.2) is 120 Å². The number of benzene rings is 1. The maximum absolute atomic E-state index is 14.1. The number of hydrogen-bond acceptors (Lipinski definition) is 16. The first-order chi connectivity index (χ1) is 28.0. The van der Waals surface area contributed by atoms with Crippen molar-refractivity contribution >= 4 is 59.3 Å². The number of rotatable bonds is 16. The standard InChI is InChI=1S/C20H23N7O7.C15H22FN3O6/c21-20-25-16-15(18(32)26-20)27(9-28)12(8-23-16)7-22-11-3-1-10(2-4-11)17(31)24-13(19(33)34)5-6-14(29)30;1-3-4-5-6-24-15(23)18-12-9(16)7-19(14(22)17-12)13-11(21)10(20)8(2)25-13/h1-4,9,12-13,22H,5-8H2,(H,24,31)(H,29,30)(H,33,34)(H4,21,23,25,26,32);7-8,10-11,13,20-21H,3-6H2,1-2H3,(H,17,18,22,23)/t12?,13-;8-,10-,11-,13-/m01/s1. The van der Waals surface area contributed by atoms with Gasteiger partial charge in [0.1, 0.15) is 18.2 Å². The largest absolute Gasteiger partial charge is 0.481 e. The summed E-state index contributed by atoms with van der Waals surface area (Å²) in [6.07, 6.45) is -2.35. The Morgan fingerprint density at radius 3 is 2.44 bits per heavy atom. The molecule has 1 fully saturated rings. The van der Waals surface area contributed by atoms with Crippen molar-refractivity contribution in [1.29, 1.82) is 0 Å². The topological polar surface area (TPSA) is 343 Å². The van der Waals surface area contributed by atoms with E-state index >= 15 is 0 Å². The Morgan fingerprint density at radius 2 is 1.83 bits per heavy atom. The summed E-state index contributed by atoms with van der Waals surface area (Å²) in [4.78, 5) is 92.8. The third-order valence-electron chi connectivity index (χ3n) is 8.98. The van der Waals surface area contributed by atoms with Gasteiger partial charge in [-0.25, -0.2) is 18.8 Å². The highest BCUT2D eigenvalue weighted by Gasteiger charge is 2.42. The molecule has 0 spiro atoms. The molecule has 4 heterocycles. The molecule has 320 valence electrons. The molecule has 0 saturated carbocycles. The zero-order valence-electron chi connectivity index (χ0n) is 31.8. The molecule has 0 aliphatic carbocycles. The van der Waals surface area contributed by atoms with Crippen LogP contribution >= 0.6 is 0 Å². The molecule has 24 heteroatoms. The zero-order valence-corrected chi connectivity index (χ0v) is 31.8. The summed E-state index contributed by atoms with van der Waals surface area (Å²) in [6.45, 7) is 4.25. The molecule has 0 bridgehead atoms. The molecule has 2 aromatic heterocycles. The number of nitrogens with zero attached hydrogens (tertiary/aromatic N) is 4. The summed E-state index contributed by atoms with van der Waals surface area (Å²) >= 11 is 0. The normalized spacial score (nSPS) is 19.8. The van der Waals surface area contributed by atoms with Gasteiger partial charge >= 0.3 is 23.7 Å². The Hall–Kier alpha value is -6.66. The maximum Gasteiger partial charge on any atom is 0.412 e. The van der Waals surface area contributed by atoms with Crippen molar-refractivity contribution in [2.75, 3.05) is 46.3 Å². The minimum absolute atomic E-state index is 0.0603. The summed E-state index contributed by atoms with van der Waals surface area (Å²) in [6, 6.07) is 4.36. The number of hydrogen-bond donors (Lipinski definition) is 10. The number of ether oxygens (including phenoxy) is 2. The van der Waals surface area contributed by atoms with Crippen LogP contribution in [0, 0.1) is 5.82 Å². The van der Waals surface area contributed by atoms with E-state index in [4.69, 9.17) is 20.3 Å². The summed E-state index contributed by atoms with van der Waals surface area (Å²) in [5.74, 6) is -4.59. The molecule has 1 unspecified atom stereocenters. The molecule has 1 aromatic carbocycles. The Kier molecular flexibility index (Phi) is 15.8. The monoisotopic (exact) mass is 832 g/mol. The molecule has 11 N–H and O–H groups in total. The molecule has 0 radical (unpaired) electrons. The van der Waals surface area contributed by atoms with Gasteiger partial charge in [0, 0.05) is 30.8 Å². The summed E-state index contributed by atoms with van der Waals surface area (Å²) in [5, 5.41) is 47.9.